The Morgan fingerprint density at radius 2 is 2.14 bits per heavy atom. The Kier molecular flexibility index (Phi) is 4.93. The van der Waals surface area contributed by atoms with Gasteiger partial charge in [-0.15, -0.1) is 0 Å². The topological polar surface area (TPSA) is 93.9 Å². The standard InChI is InChI=1S/C22H21ClN4O2/c1-12-5-20-16(7-14(12)8-24)18(17-9-26-10-19(25)21(17)23)11-27(20)15-4-3-13(6-15)22(28)29-2/h5,7,9-11,13,15H,3-4,6,25H2,1-2H3. The first-order valence-corrected chi connectivity index (χ1v) is 9.84. The SMILES string of the molecule is COC(=O)C1CCC(n2cc(-c3cncc(N)c3Cl)c3cc(C#N)c(C)cc32)C1. The van der Waals surface area contributed by atoms with Gasteiger partial charge in [0.15, 0.2) is 0 Å². The van der Waals surface area contributed by atoms with Gasteiger partial charge in [-0.1, -0.05) is 11.6 Å². The highest BCUT2D eigenvalue weighted by Gasteiger charge is 2.32. The van der Waals surface area contributed by atoms with Gasteiger partial charge in [0.05, 0.1) is 41.6 Å². The Balaban J connectivity index is 1.90. The molecule has 1 aliphatic carbocycles. The summed E-state index contributed by atoms with van der Waals surface area (Å²) in [5, 5.41) is 10.9. The van der Waals surface area contributed by atoms with Crippen LogP contribution in [0.25, 0.3) is 22.0 Å². The van der Waals surface area contributed by atoms with Crippen LogP contribution in [0.1, 0.15) is 36.4 Å². The number of nitrogen functional groups attached to an aromatic ring is 1. The molecule has 29 heavy (non-hydrogen) atoms. The van der Waals surface area contributed by atoms with Crippen LogP contribution in [-0.4, -0.2) is 22.6 Å². The third kappa shape index (κ3) is 3.22. The second-order valence-electron chi connectivity index (χ2n) is 7.52. The first kappa shape index (κ1) is 19.3. The lowest BCUT2D eigenvalue weighted by Crippen LogP contribution is -2.13. The van der Waals surface area contributed by atoms with Crippen LogP contribution in [0.4, 0.5) is 5.69 Å². The fourth-order valence-corrected chi connectivity index (χ4v) is 4.48. The number of benzene rings is 1. The van der Waals surface area contributed by atoms with Gasteiger partial charge in [0.1, 0.15) is 0 Å². The summed E-state index contributed by atoms with van der Waals surface area (Å²) in [7, 11) is 1.43. The number of carbonyl (C=O) groups is 1. The number of hydrogen-bond donors (Lipinski definition) is 1. The number of aromatic nitrogens is 2. The maximum atomic E-state index is 12.0. The van der Waals surface area contributed by atoms with Crippen LogP contribution in [-0.2, 0) is 9.53 Å². The maximum Gasteiger partial charge on any atom is 0.308 e. The minimum Gasteiger partial charge on any atom is -0.469 e. The lowest BCUT2D eigenvalue weighted by Gasteiger charge is -2.15. The summed E-state index contributed by atoms with van der Waals surface area (Å²) in [6, 6.07) is 6.34. The summed E-state index contributed by atoms with van der Waals surface area (Å²) in [5.74, 6) is -0.252. The lowest BCUT2D eigenvalue weighted by molar-refractivity contribution is -0.145. The van der Waals surface area contributed by atoms with Gasteiger partial charge in [0, 0.05) is 40.5 Å². The normalized spacial score (nSPS) is 18.7. The van der Waals surface area contributed by atoms with Gasteiger partial charge in [0.2, 0.25) is 0 Å². The molecule has 0 bridgehead atoms. The van der Waals surface area contributed by atoms with Crippen LogP contribution in [0.2, 0.25) is 5.02 Å². The number of hydrogen-bond acceptors (Lipinski definition) is 5. The fourth-order valence-electron chi connectivity index (χ4n) is 4.28. The van der Waals surface area contributed by atoms with Crippen molar-refractivity contribution in [3.63, 3.8) is 0 Å². The number of halogens is 1. The van der Waals surface area contributed by atoms with E-state index < -0.39 is 0 Å². The van der Waals surface area contributed by atoms with Crippen molar-refractivity contribution >= 4 is 34.2 Å². The van der Waals surface area contributed by atoms with Gasteiger partial charge in [0.25, 0.3) is 0 Å². The van der Waals surface area contributed by atoms with E-state index >= 15 is 0 Å². The van der Waals surface area contributed by atoms with E-state index in [0.717, 1.165) is 46.9 Å². The average molecular weight is 409 g/mol. The fraction of sp³-hybridized carbons (Fsp3) is 0.318. The van der Waals surface area contributed by atoms with Gasteiger partial charge >= 0.3 is 5.97 Å². The van der Waals surface area contributed by atoms with Crippen LogP contribution < -0.4 is 5.73 Å². The van der Waals surface area contributed by atoms with Crippen molar-refractivity contribution in [1.29, 1.82) is 5.26 Å². The van der Waals surface area contributed by atoms with Crippen molar-refractivity contribution in [2.75, 3.05) is 12.8 Å². The minimum atomic E-state index is -0.157. The van der Waals surface area contributed by atoms with E-state index in [1.54, 1.807) is 6.20 Å². The summed E-state index contributed by atoms with van der Waals surface area (Å²) in [4.78, 5) is 16.2. The Bertz CT molecular complexity index is 1160. The van der Waals surface area contributed by atoms with Crippen LogP contribution in [0.5, 0.6) is 0 Å². The number of methoxy groups -OCH3 is 1. The van der Waals surface area contributed by atoms with Gasteiger partial charge in [-0.2, -0.15) is 5.26 Å². The molecule has 1 fully saturated rings. The first-order chi connectivity index (χ1) is 13.9. The highest BCUT2D eigenvalue weighted by molar-refractivity contribution is 6.36. The number of rotatable bonds is 3. The molecular weight excluding hydrogens is 388 g/mol. The number of anilines is 1. The summed E-state index contributed by atoms with van der Waals surface area (Å²) >= 11 is 6.49. The Morgan fingerprint density at radius 1 is 1.34 bits per heavy atom. The summed E-state index contributed by atoms with van der Waals surface area (Å²) in [6.45, 7) is 1.93. The van der Waals surface area contributed by atoms with Crippen molar-refractivity contribution in [2.24, 2.45) is 5.92 Å². The second kappa shape index (κ2) is 7.41. The molecular formula is C22H21ClN4O2. The quantitative estimate of drug-likeness (QED) is 0.637. The molecule has 1 saturated carbocycles. The molecule has 0 aliphatic heterocycles. The first-order valence-electron chi connectivity index (χ1n) is 9.47. The molecule has 2 heterocycles. The van der Waals surface area contributed by atoms with Gasteiger partial charge in [-0.05, 0) is 43.9 Å². The zero-order valence-corrected chi connectivity index (χ0v) is 17.0. The highest BCUT2D eigenvalue weighted by atomic mass is 35.5. The zero-order chi connectivity index (χ0) is 20.7. The number of aryl methyl sites for hydroxylation is 1. The van der Waals surface area contributed by atoms with Gasteiger partial charge in [-0.25, -0.2) is 0 Å². The monoisotopic (exact) mass is 408 g/mol. The molecule has 1 aliphatic rings. The molecule has 0 spiro atoms. The van der Waals surface area contributed by atoms with Gasteiger partial charge < -0.3 is 15.0 Å². The summed E-state index contributed by atoms with van der Waals surface area (Å²) in [5.41, 5.74) is 10.5. The molecule has 7 heteroatoms. The van der Waals surface area contributed by atoms with Crippen LogP contribution in [0.3, 0.4) is 0 Å². The van der Waals surface area contributed by atoms with E-state index in [1.165, 1.54) is 13.3 Å². The van der Waals surface area contributed by atoms with Gasteiger partial charge in [-0.3, -0.25) is 9.78 Å². The molecule has 148 valence electrons. The Hall–Kier alpha value is -3.04. The Morgan fingerprint density at radius 3 is 2.86 bits per heavy atom. The molecule has 4 rings (SSSR count). The van der Waals surface area contributed by atoms with E-state index in [9.17, 15) is 10.1 Å². The molecule has 0 saturated heterocycles. The number of carbonyl (C=O) groups excluding carboxylic acids is 1. The zero-order valence-electron chi connectivity index (χ0n) is 16.3. The van der Waals surface area contributed by atoms with Crippen molar-refractivity contribution in [1.82, 2.24) is 9.55 Å². The smallest absolute Gasteiger partial charge is 0.308 e. The van der Waals surface area contributed by atoms with Crippen LogP contribution >= 0.6 is 11.6 Å². The Labute approximate surface area is 173 Å². The van der Waals surface area contributed by atoms with Crippen molar-refractivity contribution in [2.45, 2.75) is 32.2 Å². The highest BCUT2D eigenvalue weighted by Crippen LogP contribution is 2.43. The molecule has 2 aromatic heterocycles. The molecule has 0 radical (unpaired) electrons. The molecule has 2 N–H and O–H groups in total. The third-order valence-electron chi connectivity index (χ3n) is 5.83. The maximum absolute atomic E-state index is 12.0. The molecule has 1 aromatic carbocycles. The number of nitriles is 1. The van der Waals surface area contributed by atoms with Crippen LogP contribution in [0.15, 0.2) is 30.7 Å². The number of nitrogens with zero attached hydrogens (tertiary/aromatic N) is 3. The third-order valence-corrected chi connectivity index (χ3v) is 6.25. The van der Waals surface area contributed by atoms with Crippen molar-refractivity contribution in [3.8, 4) is 17.2 Å². The van der Waals surface area contributed by atoms with E-state index in [2.05, 4.69) is 15.6 Å². The largest absolute Gasteiger partial charge is 0.469 e. The van der Waals surface area contributed by atoms with Crippen molar-refractivity contribution < 1.29 is 9.53 Å². The van der Waals surface area contributed by atoms with E-state index in [0.29, 0.717) is 16.3 Å². The predicted octanol–water partition coefficient (Wildman–Crippen LogP) is 4.63. The average Bonchev–Trinajstić information content (AvgIpc) is 3.33. The molecule has 2 atom stereocenters. The number of fused-ring (bicyclic) bond motifs is 1. The van der Waals surface area contributed by atoms with E-state index in [-0.39, 0.29) is 17.9 Å². The minimum absolute atomic E-state index is 0.0944. The predicted molar refractivity (Wildman–Crippen MR) is 112 cm³/mol. The summed E-state index contributed by atoms with van der Waals surface area (Å²) in [6.07, 6.45) is 7.65. The van der Waals surface area contributed by atoms with Crippen molar-refractivity contribution in [3.05, 3.63) is 46.9 Å². The molecule has 0 amide bonds. The van der Waals surface area contributed by atoms with E-state index in [4.69, 9.17) is 22.1 Å². The molecule has 2 unspecified atom stereocenters. The number of ether oxygens (including phenoxy) is 1. The van der Waals surface area contributed by atoms with E-state index in [1.807, 2.05) is 25.3 Å². The number of esters is 1. The molecule has 6 nitrogen and oxygen atoms in total. The number of nitrogens with two attached hydrogens (primary N) is 1. The molecule has 3 aromatic rings. The summed E-state index contributed by atoms with van der Waals surface area (Å²) < 4.78 is 7.13. The number of pyridine rings is 1. The lowest BCUT2D eigenvalue weighted by atomic mass is 10.0. The van der Waals surface area contributed by atoms with Crippen LogP contribution in [0, 0.1) is 24.2 Å². The second-order valence-corrected chi connectivity index (χ2v) is 7.90.